The van der Waals surface area contributed by atoms with Crippen molar-refractivity contribution in [3.05, 3.63) is 59.2 Å². The highest BCUT2D eigenvalue weighted by molar-refractivity contribution is 6.03. The zero-order valence-electron chi connectivity index (χ0n) is 27.0. The van der Waals surface area contributed by atoms with Crippen LogP contribution < -0.4 is 0 Å². The van der Waals surface area contributed by atoms with Crippen LogP contribution in [0, 0.1) is 35.0 Å². The molecule has 0 heterocycles. The van der Waals surface area contributed by atoms with Crippen LogP contribution in [0.5, 0.6) is 0 Å². The second-order valence-electron chi connectivity index (χ2n) is 13.5. The molecule has 0 aliphatic heterocycles. The molecule has 1 aromatic carbocycles. The van der Waals surface area contributed by atoms with Crippen LogP contribution in [-0.4, -0.2) is 53.6 Å². The minimum atomic E-state index is -1.67. The highest BCUT2D eigenvalue weighted by atomic mass is 16.6. The van der Waals surface area contributed by atoms with Crippen molar-refractivity contribution in [2.45, 2.75) is 92.6 Å². The molecule has 3 aliphatic rings. The lowest BCUT2D eigenvalue weighted by molar-refractivity contribution is -0.170. The summed E-state index contributed by atoms with van der Waals surface area (Å²) in [7, 11) is 0. The molecule has 8 atom stereocenters. The molecule has 2 fully saturated rings. The number of fused-ring (bicyclic) bond motifs is 2. The number of carbonyl (C=O) groups excluding carboxylic acids is 5. The lowest BCUT2D eigenvalue weighted by Crippen LogP contribution is -2.49. The maximum Gasteiger partial charge on any atom is 0.338 e. The Kier molecular flexibility index (Phi) is 9.29. The van der Waals surface area contributed by atoms with Gasteiger partial charge in [-0.05, 0) is 54.4 Å². The van der Waals surface area contributed by atoms with Crippen LogP contribution in [0.1, 0.15) is 79.1 Å². The molecule has 238 valence electrons. The number of allylic oxidation sites excluding steroid dienone is 1. The Labute approximate surface area is 259 Å². The minimum absolute atomic E-state index is 0.125. The van der Waals surface area contributed by atoms with Gasteiger partial charge in [0.05, 0.1) is 17.4 Å². The SMILES string of the molecule is CC(=O)O[C@H]1[C@H]2[C@@H](/C=C(\C)C(=O)C3(OC(C)=O)C[C@@H](C)[C@@H](OC(=O)C(C)C)[C@@H]3/C=C(\C)[C@@H]1OC(=O)c1ccccc1)C2(C)C. The van der Waals surface area contributed by atoms with Gasteiger partial charge in [0.25, 0.3) is 0 Å². The third kappa shape index (κ3) is 6.24. The fourth-order valence-electron chi connectivity index (χ4n) is 7.11. The number of hydrogen-bond acceptors (Lipinski definition) is 9. The lowest BCUT2D eigenvalue weighted by Gasteiger charge is -2.35. The lowest BCUT2D eigenvalue weighted by atomic mass is 9.80. The Morgan fingerprint density at radius 1 is 0.864 bits per heavy atom. The highest BCUT2D eigenvalue weighted by Gasteiger charge is 2.65. The van der Waals surface area contributed by atoms with Crippen LogP contribution in [0.25, 0.3) is 0 Å². The summed E-state index contributed by atoms with van der Waals surface area (Å²) in [4.78, 5) is 65.9. The number of rotatable bonds is 6. The van der Waals surface area contributed by atoms with Crippen molar-refractivity contribution >= 4 is 29.7 Å². The first-order valence-electron chi connectivity index (χ1n) is 15.3. The quantitative estimate of drug-likeness (QED) is 0.237. The maximum absolute atomic E-state index is 14.4. The number of esters is 4. The van der Waals surface area contributed by atoms with E-state index in [1.165, 1.54) is 13.8 Å². The van der Waals surface area contributed by atoms with Crippen molar-refractivity contribution in [2.75, 3.05) is 0 Å². The first kappa shape index (κ1) is 33.1. The summed E-state index contributed by atoms with van der Waals surface area (Å²) in [6, 6.07) is 8.50. The van der Waals surface area contributed by atoms with Crippen LogP contribution >= 0.6 is 0 Å². The molecular formula is C35H44O9. The highest BCUT2D eigenvalue weighted by Crippen LogP contribution is 2.63. The van der Waals surface area contributed by atoms with Crippen molar-refractivity contribution in [3.8, 4) is 0 Å². The van der Waals surface area contributed by atoms with Crippen LogP contribution in [0.3, 0.4) is 0 Å². The van der Waals surface area contributed by atoms with Gasteiger partial charge in [-0.1, -0.05) is 65.0 Å². The molecule has 0 saturated heterocycles. The van der Waals surface area contributed by atoms with E-state index in [2.05, 4.69) is 0 Å². The zero-order valence-corrected chi connectivity index (χ0v) is 27.0. The standard InChI is InChI=1S/C35H44O9/c1-18(2)32(39)42-28-21(5)17-35(44-23(7)37)26(28)15-19(3)29(43-33(40)24-13-11-10-12-14-24)30(41-22(6)36)27-25(34(27,8)9)16-20(4)31(35)38/h10-16,18,21,25-30H,17H2,1-9H3/b19-15+,20-16+/t21-,25-,26+,27-,28-,29+,30+,35?/m1/s1. The summed E-state index contributed by atoms with van der Waals surface area (Å²) >= 11 is 0. The smallest absolute Gasteiger partial charge is 0.338 e. The number of Topliss-reactive ketones (excluding diaryl/α,β-unsaturated/α-hetero) is 1. The molecule has 44 heavy (non-hydrogen) atoms. The maximum atomic E-state index is 14.4. The summed E-state index contributed by atoms with van der Waals surface area (Å²) in [5.74, 6) is -4.80. The summed E-state index contributed by atoms with van der Waals surface area (Å²) in [6.45, 7) is 15.3. The Bertz CT molecular complexity index is 1390. The van der Waals surface area contributed by atoms with Crippen molar-refractivity contribution in [1.29, 1.82) is 0 Å². The molecule has 0 radical (unpaired) electrons. The molecule has 0 N–H and O–H groups in total. The molecule has 4 rings (SSSR count). The second kappa shape index (κ2) is 12.3. The van der Waals surface area contributed by atoms with Crippen molar-refractivity contribution in [1.82, 2.24) is 0 Å². The molecular weight excluding hydrogens is 564 g/mol. The minimum Gasteiger partial charge on any atom is -0.461 e. The van der Waals surface area contributed by atoms with Gasteiger partial charge in [-0.25, -0.2) is 4.79 Å². The van der Waals surface area contributed by atoms with Gasteiger partial charge in [0.1, 0.15) is 12.2 Å². The zero-order chi connectivity index (χ0) is 32.7. The molecule has 3 aliphatic carbocycles. The van der Waals surface area contributed by atoms with Gasteiger partial charge in [-0.2, -0.15) is 0 Å². The molecule has 0 bridgehead atoms. The third-order valence-corrected chi connectivity index (χ3v) is 9.39. The third-order valence-electron chi connectivity index (χ3n) is 9.39. The van der Waals surface area contributed by atoms with E-state index in [0.717, 1.165) is 0 Å². The normalized spacial score (nSPS) is 35.0. The summed E-state index contributed by atoms with van der Waals surface area (Å²) < 4.78 is 24.1. The fourth-order valence-corrected chi connectivity index (χ4v) is 7.11. The Morgan fingerprint density at radius 2 is 1.50 bits per heavy atom. The van der Waals surface area contributed by atoms with Gasteiger partial charge in [0.2, 0.25) is 5.78 Å². The number of carbonyl (C=O) groups is 5. The summed E-state index contributed by atoms with van der Waals surface area (Å²) in [5.41, 5.74) is -0.882. The Balaban J connectivity index is 1.95. The molecule has 1 unspecified atom stereocenters. The first-order valence-corrected chi connectivity index (χ1v) is 15.3. The number of ketones is 1. The molecule has 9 heteroatoms. The number of hydrogen-bond donors (Lipinski definition) is 0. The fraction of sp³-hybridized carbons (Fsp3) is 0.571. The monoisotopic (exact) mass is 608 g/mol. The van der Waals surface area contributed by atoms with Crippen LogP contribution in [-0.2, 0) is 38.1 Å². The van der Waals surface area contributed by atoms with Gasteiger partial charge in [-0.3, -0.25) is 19.2 Å². The summed E-state index contributed by atoms with van der Waals surface area (Å²) in [5, 5.41) is 0. The van der Waals surface area contributed by atoms with Crippen LogP contribution in [0.15, 0.2) is 53.6 Å². The largest absolute Gasteiger partial charge is 0.461 e. The van der Waals surface area contributed by atoms with E-state index in [1.54, 1.807) is 64.1 Å². The number of ether oxygens (including phenoxy) is 4. The van der Waals surface area contributed by atoms with E-state index in [9.17, 15) is 24.0 Å². The second-order valence-corrected chi connectivity index (χ2v) is 13.5. The molecule has 0 aromatic heterocycles. The average molecular weight is 609 g/mol. The van der Waals surface area contributed by atoms with Gasteiger partial charge in [-0.15, -0.1) is 0 Å². The van der Waals surface area contributed by atoms with Gasteiger partial charge >= 0.3 is 23.9 Å². The van der Waals surface area contributed by atoms with E-state index >= 15 is 0 Å². The first-order chi connectivity index (χ1) is 20.5. The molecule has 1 aromatic rings. The predicted octanol–water partition coefficient (Wildman–Crippen LogP) is 5.42. The molecule has 0 spiro atoms. The van der Waals surface area contributed by atoms with Crippen molar-refractivity contribution in [3.63, 3.8) is 0 Å². The Hall–Kier alpha value is -3.75. The van der Waals surface area contributed by atoms with E-state index in [4.69, 9.17) is 18.9 Å². The van der Waals surface area contributed by atoms with Crippen molar-refractivity contribution in [2.24, 2.45) is 35.0 Å². The van der Waals surface area contributed by atoms with Gasteiger partial charge in [0, 0.05) is 26.2 Å². The average Bonchev–Trinajstić information content (AvgIpc) is 3.37. The molecule has 0 amide bonds. The van der Waals surface area contributed by atoms with Crippen LogP contribution in [0.4, 0.5) is 0 Å². The van der Waals surface area contributed by atoms with E-state index in [0.29, 0.717) is 16.7 Å². The van der Waals surface area contributed by atoms with Gasteiger partial charge in [0.15, 0.2) is 11.7 Å². The molecule has 9 nitrogen and oxygen atoms in total. The topological polar surface area (TPSA) is 122 Å². The van der Waals surface area contributed by atoms with E-state index < -0.39 is 65.0 Å². The number of benzene rings is 1. The van der Waals surface area contributed by atoms with E-state index in [-0.39, 0.29) is 30.0 Å². The van der Waals surface area contributed by atoms with Crippen molar-refractivity contribution < 1.29 is 42.9 Å². The molecule has 2 saturated carbocycles. The van der Waals surface area contributed by atoms with E-state index in [1.807, 2.05) is 26.8 Å². The van der Waals surface area contributed by atoms with Crippen LogP contribution in [0.2, 0.25) is 0 Å². The summed E-state index contributed by atoms with van der Waals surface area (Å²) in [6.07, 6.45) is 0.939. The predicted molar refractivity (Wildman–Crippen MR) is 161 cm³/mol. The Morgan fingerprint density at radius 3 is 2.07 bits per heavy atom. The van der Waals surface area contributed by atoms with Gasteiger partial charge < -0.3 is 18.9 Å².